The molecule has 5 heteroatoms. The molecule has 1 saturated heterocycles. The van der Waals surface area contributed by atoms with Crippen molar-refractivity contribution in [2.45, 2.75) is 30.5 Å². The Morgan fingerprint density at radius 1 is 0.800 bits per heavy atom. The molecule has 1 aliphatic heterocycles. The first-order chi connectivity index (χ1) is 12.1. The standard InChI is InChI=1S/C20H20O5/c21-12-16-17(22)18(23)19(24)20(25-16)15-9-5-4-8-14(15)11-10-13-6-2-1-3-7-13/h1-9,16-24H,12H2/t16-,17-,18+,19-,20?/m1/s1. The molecular formula is C20H20O5. The van der Waals surface area contributed by atoms with E-state index in [4.69, 9.17) is 4.74 Å². The van der Waals surface area contributed by atoms with Gasteiger partial charge in [-0.1, -0.05) is 48.2 Å². The predicted molar refractivity (Wildman–Crippen MR) is 91.6 cm³/mol. The number of benzene rings is 2. The van der Waals surface area contributed by atoms with E-state index in [0.717, 1.165) is 5.56 Å². The van der Waals surface area contributed by atoms with Gasteiger partial charge >= 0.3 is 0 Å². The van der Waals surface area contributed by atoms with Crippen LogP contribution in [-0.2, 0) is 4.74 Å². The highest BCUT2D eigenvalue weighted by atomic mass is 16.5. The lowest BCUT2D eigenvalue weighted by molar-refractivity contribution is -0.231. The van der Waals surface area contributed by atoms with Gasteiger partial charge in [0.1, 0.15) is 30.5 Å². The van der Waals surface area contributed by atoms with Gasteiger partial charge in [-0.3, -0.25) is 0 Å². The van der Waals surface area contributed by atoms with Gasteiger partial charge in [-0.15, -0.1) is 0 Å². The second kappa shape index (κ2) is 7.79. The Labute approximate surface area is 146 Å². The van der Waals surface area contributed by atoms with Gasteiger partial charge in [-0.05, 0) is 23.8 Å². The summed E-state index contributed by atoms with van der Waals surface area (Å²) in [4.78, 5) is 0. The smallest absolute Gasteiger partial charge is 0.113 e. The van der Waals surface area contributed by atoms with Crippen LogP contribution in [0.3, 0.4) is 0 Å². The third kappa shape index (κ3) is 3.74. The lowest BCUT2D eigenvalue weighted by Crippen LogP contribution is -2.55. The summed E-state index contributed by atoms with van der Waals surface area (Å²) in [6, 6.07) is 16.6. The van der Waals surface area contributed by atoms with E-state index < -0.39 is 37.1 Å². The number of aliphatic hydroxyl groups is 4. The van der Waals surface area contributed by atoms with E-state index >= 15 is 0 Å². The second-order valence-electron chi connectivity index (χ2n) is 5.95. The van der Waals surface area contributed by atoms with Gasteiger partial charge in [0, 0.05) is 11.1 Å². The van der Waals surface area contributed by atoms with Crippen molar-refractivity contribution in [2.75, 3.05) is 6.61 Å². The fraction of sp³-hybridized carbons (Fsp3) is 0.300. The average molecular weight is 340 g/mol. The summed E-state index contributed by atoms with van der Waals surface area (Å²) < 4.78 is 5.63. The van der Waals surface area contributed by atoms with Gasteiger partial charge in [0.05, 0.1) is 6.61 Å². The highest BCUT2D eigenvalue weighted by molar-refractivity contribution is 5.47. The minimum Gasteiger partial charge on any atom is -0.394 e. The maximum Gasteiger partial charge on any atom is 0.113 e. The molecule has 0 aromatic heterocycles. The Morgan fingerprint density at radius 2 is 1.48 bits per heavy atom. The molecule has 0 spiro atoms. The molecule has 5 atom stereocenters. The van der Waals surface area contributed by atoms with Crippen LogP contribution in [0.2, 0.25) is 0 Å². The quantitative estimate of drug-likeness (QED) is 0.601. The molecule has 5 nitrogen and oxygen atoms in total. The lowest BCUT2D eigenvalue weighted by Gasteiger charge is -2.40. The second-order valence-corrected chi connectivity index (χ2v) is 5.95. The molecule has 0 amide bonds. The van der Waals surface area contributed by atoms with Crippen molar-refractivity contribution in [3.05, 3.63) is 71.3 Å². The summed E-state index contributed by atoms with van der Waals surface area (Å²) in [5.74, 6) is 6.11. The van der Waals surface area contributed by atoms with Gasteiger partial charge in [0.2, 0.25) is 0 Å². The first kappa shape index (κ1) is 17.6. The molecule has 1 heterocycles. The minimum atomic E-state index is -1.41. The van der Waals surface area contributed by atoms with Crippen molar-refractivity contribution in [3.63, 3.8) is 0 Å². The van der Waals surface area contributed by atoms with E-state index in [1.54, 1.807) is 18.2 Å². The Morgan fingerprint density at radius 3 is 2.20 bits per heavy atom. The first-order valence-electron chi connectivity index (χ1n) is 8.08. The summed E-state index contributed by atoms with van der Waals surface area (Å²) in [5, 5.41) is 39.6. The monoisotopic (exact) mass is 340 g/mol. The maximum atomic E-state index is 10.3. The van der Waals surface area contributed by atoms with Gasteiger partial charge in [-0.25, -0.2) is 0 Å². The van der Waals surface area contributed by atoms with Crippen molar-refractivity contribution in [1.82, 2.24) is 0 Å². The van der Waals surface area contributed by atoms with Crippen LogP contribution in [0.15, 0.2) is 54.6 Å². The van der Waals surface area contributed by atoms with Crippen LogP contribution in [0.4, 0.5) is 0 Å². The predicted octanol–water partition coefficient (Wildman–Crippen LogP) is 0.601. The van der Waals surface area contributed by atoms with Gasteiger partial charge in [-0.2, -0.15) is 0 Å². The SMILES string of the molecule is OC[C@H]1OC(c2ccccc2C#Cc2ccccc2)[C@H](O)[C@@H](O)[C@@H]1O. The maximum absolute atomic E-state index is 10.3. The molecule has 1 aliphatic rings. The summed E-state index contributed by atoms with van der Waals surface area (Å²) in [5.41, 5.74) is 2.10. The van der Waals surface area contributed by atoms with Crippen LogP contribution in [0.1, 0.15) is 22.8 Å². The molecule has 2 aromatic carbocycles. The minimum absolute atomic E-state index is 0.459. The van der Waals surface area contributed by atoms with Crippen LogP contribution >= 0.6 is 0 Å². The van der Waals surface area contributed by atoms with Crippen molar-refractivity contribution < 1.29 is 25.2 Å². The molecule has 25 heavy (non-hydrogen) atoms. The zero-order valence-electron chi connectivity index (χ0n) is 13.5. The summed E-state index contributed by atoms with van der Waals surface area (Å²) in [7, 11) is 0. The van der Waals surface area contributed by atoms with E-state index in [1.165, 1.54) is 0 Å². The van der Waals surface area contributed by atoms with Crippen molar-refractivity contribution in [2.24, 2.45) is 0 Å². The number of aliphatic hydroxyl groups excluding tert-OH is 4. The molecule has 3 rings (SSSR count). The van der Waals surface area contributed by atoms with E-state index in [9.17, 15) is 20.4 Å². The normalized spacial score (nSPS) is 28.9. The zero-order chi connectivity index (χ0) is 17.8. The Bertz CT molecular complexity index is 762. The third-order valence-corrected chi connectivity index (χ3v) is 4.27. The summed E-state index contributed by atoms with van der Waals surface area (Å²) >= 11 is 0. The molecular weight excluding hydrogens is 320 g/mol. The number of hydrogen-bond acceptors (Lipinski definition) is 5. The van der Waals surface area contributed by atoms with Crippen molar-refractivity contribution in [1.29, 1.82) is 0 Å². The molecule has 0 bridgehead atoms. The molecule has 130 valence electrons. The van der Waals surface area contributed by atoms with Crippen LogP contribution in [0.25, 0.3) is 0 Å². The molecule has 1 fully saturated rings. The number of hydrogen-bond donors (Lipinski definition) is 4. The van der Waals surface area contributed by atoms with E-state index in [-0.39, 0.29) is 0 Å². The fourth-order valence-electron chi connectivity index (χ4n) is 2.88. The molecule has 1 unspecified atom stereocenters. The van der Waals surface area contributed by atoms with E-state index in [0.29, 0.717) is 11.1 Å². The van der Waals surface area contributed by atoms with Crippen LogP contribution in [-0.4, -0.2) is 51.4 Å². The highest BCUT2D eigenvalue weighted by Crippen LogP contribution is 2.33. The molecule has 2 aromatic rings. The lowest BCUT2D eigenvalue weighted by atomic mass is 9.89. The molecule has 4 N–H and O–H groups in total. The Balaban J connectivity index is 1.94. The topological polar surface area (TPSA) is 90.2 Å². The van der Waals surface area contributed by atoms with Crippen LogP contribution in [0, 0.1) is 11.8 Å². The van der Waals surface area contributed by atoms with Crippen LogP contribution in [0.5, 0.6) is 0 Å². The van der Waals surface area contributed by atoms with Crippen molar-refractivity contribution >= 4 is 0 Å². The number of rotatable bonds is 2. The summed E-state index contributed by atoms with van der Waals surface area (Å²) in [6.07, 6.45) is -5.95. The van der Waals surface area contributed by atoms with E-state index in [2.05, 4.69) is 11.8 Å². The summed E-state index contributed by atoms with van der Waals surface area (Å²) in [6.45, 7) is -0.459. The average Bonchev–Trinajstić information content (AvgIpc) is 2.66. The highest BCUT2D eigenvalue weighted by Gasteiger charge is 2.44. The van der Waals surface area contributed by atoms with E-state index in [1.807, 2.05) is 36.4 Å². The van der Waals surface area contributed by atoms with Gasteiger partial charge < -0.3 is 25.2 Å². The molecule has 0 radical (unpaired) electrons. The number of ether oxygens (including phenoxy) is 1. The van der Waals surface area contributed by atoms with Crippen LogP contribution < -0.4 is 0 Å². The molecule has 0 aliphatic carbocycles. The molecule has 0 saturated carbocycles. The fourth-order valence-corrected chi connectivity index (χ4v) is 2.88. The Kier molecular flexibility index (Phi) is 5.49. The third-order valence-electron chi connectivity index (χ3n) is 4.27. The Hall–Kier alpha value is -2.20. The van der Waals surface area contributed by atoms with Gasteiger partial charge in [0.15, 0.2) is 0 Å². The largest absolute Gasteiger partial charge is 0.394 e. The van der Waals surface area contributed by atoms with Crippen molar-refractivity contribution in [3.8, 4) is 11.8 Å². The van der Waals surface area contributed by atoms with Gasteiger partial charge in [0.25, 0.3) is 0 Å². The first-order valence-corrected chi connectivity index (χ1v) is 8.08. The zero-order valence-corrected chi connectivity index (χ0v) is 13.5.